The number of hydrogen-bond donors (Lipinski definition) is 3. The summed E-state index contributed by atoms with van der Waals surface area (Å²) >= 11 is 0.930. The first-order chi connectivity index (χ1) is 11.2. The molecular formula is C13H13N3O6S2. The summed E-state index contributed by atoms with van der Waals surface area (Å²) < 4.78 is 23.0. The lowest BCUT2D eigenvalue weighted by Gasteiger charge is -2.01. The minimum atomic E-state index is -3.43. The Morgan fingerprint density at radius 2 is 2.17 bits per heavy atom. The van der Waals surface area contributed by atoms with Crippen molar-refractivity contribution in [1.29, 1.82) is 0 Å². The van der Waals surface area contributed by atoms with Crippen molar-refractivity contribution in [1.82, 2.24) is 5.32 Å². The highest BCUT2D eigenvalue weighted by Crippen LogP contribution is 2.23. The number of aromatic hydroxyl groups is 1. The van der Waals surface area contributed by atoms with Gasteiger partial charge in [-0.25, -0.2) is 8.42 Å². The largest absolute Gasteiger partial charge is 0.507 e. The Labute approximate surface area is 141 Å². The maximum atomic E-state index is 11.5. The number of amidine groups is 1. The van der Waals surface area contributed by atoms with E-state index in [0.717, 1.165) is 24.2 Å². The van der Waals surface area contributed by atoms with Crippen LogP contribution in [0.2, 0.25) is 0 Å². The number of carbonyl (C=O) groups is 2. The van der Waals surface area contributed by atoms with E-state index < -0.39 is 27.0 Å². The van der Waals surface area contributed by atoms with Crippen LogP contribution in [-0.4, -0.2) is 53.4 Å². The number of carboxylic acid groups (broad SMARTS) is 1. The molecule has 1 amide bonds. The molecule has 1 aromatic rings. The number of hydrogen-bond acceptors (Lipinski definition) is 8. The highest BCUT2D eigenvalue weighted by molar-refractivity contribution is 8.15. The van der Waals surface area contributed by atoms with Gasteiger partial charge in [0.15, 0.2) is 15.0 Å². The quantitative estimate of drug-likeness (QED) is 0.495. The number of nitrogens with zero attached hydrogens (tertiary/aromatic N) is 2. The summed E-state index contributed by atoms with van der Waals surface area (Å²) in [7, 11) is -3.43. The molecule has 11 heteroatoms. The molecule has 9 nitrogen and oxygen atoms in total. The number of thioether (sulfide) groups is 1. The number of carboxylic acids is 1. The third kappa shape index (κ3) is 4.55. The van der Waals surface area contributed by atoms with Gasteiger partial charge in [0.2, 0.25) is 5.91 Å². The molecule has 0 radical (unpaired) electrons. The summed E-state index contributed by atoms with van der Waals surface area (Å²) in [6, 6.07) is 3.72. The van der Waals surface area contributed by atoms with E-state index in [0.29, 0.717) is 0 Å². The highest BCUT2D eigenvalue weighted by Gasteiger charge is 2.32. The van der Waals surface area contributed by atoms with Crippen LogP contribution in [0.25, 0.3) is 0 Å². The van der Waals surface area contributed by atoms with Gasteiger partial charge < -0.3 is 15.5 Å². The average molecular weight is 371 g/mol. The summed E-state index contributed by atoms with van der Waals surface area (Å²) in [5, 5.41) is 27.5. The lowest BCUT2D eigenvalue weighted by molar-refractivity contribution is -0.138. The maximum absolute atomic E-state index is 11.5. The Morgan fingerprint density at radius 3 is 2.79 bits per heavy atom. The minimum Gasteiger partial charge on any atom is -0.507 e. The molecule has 2 rings (SSSR count). The average Bonchev–Trinajstić information content (AvgIpc) is 2.79. The molecule has 1 aromatic carbocycles. The molecule has 128 valence electrons. The number of amides is 1. The van der Waals surface area contributed by atoms with Gasteiger partial charge in [0.25, 0.3) is 0 Å². The molecule has 24 heavy (non-hydrogen) atoms. The fourth-order valence-corrected chi connectivity index (χ4v) is 3.33. The Bertz CT molecular complexity index is 847. The lowest BCUT2D eigenvalue weighted by atomic mass is 10.2. The van der Waals surface area contributed by atoms with E-state index in [2.05, 4.69) is 15.5 Å². The van der Waals surface area contributed by atoms with Gasteiger partial charge in [-0.1, -0.05) is 11.8 Å². The van der Waals surface area contributed by atoms with Crippen molar-refractivity contribution in [3.05, 3.63) is 23.8 Å². The van der Waals surface area contributed by atoms with E-state index in [9.17, 15) is 23.1 Å². The number of benzene rings is 1. The van der Waals surface area contributed by atoms with Gasteiger partial charge >= 0.3 is 5.97 Å². The van der Waals surface area contributed by atoms with E-state index in [-0.39, 0.29) is 27.8 Å². The lowest BCUT2D eigenvalue weighted by Crippen LogP contribution is -2.26. The van der Waals surface area contributed by atoms with Crippen LogP contribution in [0, 0.1) is 0 Å². The molecule has 1 fully saturated rings. The van der Waals surface area contributed by atoms with Crippen LogP contribution >= 0.6 is 11.8 Å². The van der Waals surface area contributed by atoms with Crippen LogP contribution in [0.5, 0.6) is 5.75 Å². The van der Waals surface area contributed by atoms with E-state index in [1.807, 2.05) is 0 Å². The molecule has 1 unspecified atom stereocenters. The van der Waals surface area contributed by atoms with E-state index in [4.69, 9.17) is 5.11 Å². The monoisotopic (exact) mass is 371 g/mol. The second kappa shape index (κ2) is 7.01. The highest BCUT2D eigenvalue weighted by atomic mass is 32.2. The number of phenols is 1. The van der Waals surface area contributed by atoms with Crippen LogP contribution in [0.15, 0.2) is 33.3 Å². The smallest absolute Gasteiger partial charge is 0.305 e. The van der Waals surface area contributed by atoms with Crippen molar-refractivity contribution in [2.24, 2.45) is 10.2 Å². The first-order valence-electron chi connectivity index (χ1n) is 6.50. The number of rotatable bonds is 5. The topological polar surface area (TPSA) is 145 Å². The number of nitrogens with one attached hydrogen (secondary N) is 1. The zero-order valence-corrected chi connectivity index (χ0v) is 14.0. The zero-order chi connectivity index (χ0) is 17.9. The fourth-order valence-electron chi connectivity index (χ4n) is 1.76. The Morgan fingerprint density at radius 1 is 1.46 bits per heavy atom. The van der Waals surface area contributed by atoms with E-state index in [1.165, 1.54) is 18.2 Å². The predicted molar refractivity (Wildman–Crippen MR) is 88.0 cm³/mol. The van der Waals surface area contributed by atoms with Crippen molar-refractivity contribution in [3.8, 4) is 5.75 Å². The number of phenolic OH excluding ortho intramolecular Hbond substituents is 1. The Kier molecular flexibility index (Phi) is 5.24. The van der Waals surface area contributed by atoms with Gasteiger partial charge in [-0.05, 0) is 18.2 Å². The van der Waals surface area contributed by atoms with Crippen molar-refractivity contribution in [2.45, 2.75) is 16.6 Å². The first kappa shape index (κ1) is 17.9. The second-order valence-electron chi connectivity index (χ2n) is 4.84. The van der Waals surface area contributed by atoms with Gasteiger partial charge in [0, 0.05) is 11.8 Å². The van der Waals surface area contributed by atoms with Crippen molar-refractivity contribution >= 4 is 44.9 Å². The first-order valence-corrected chi connectivity index (χ1v) is 9.27. The van der Waals surface area contributed by atoms with Crippen LogP contribution < -0.4 is 5.32 Å². The SMILES string of the molecule is CS(=O)(=O)c1ccc(O)c(C=NN=C2NC(=O)C(CC(=O)O)S2)c1. The molecule has 1 saturated heterocycles. The van der Waals surface area contributed by atoms with Gasteiger partial charge in [0.05, 0.1) is 17.5 Å². The second-order valence-corrected chi connectivity index (χ2v) is 8.04. The Balaban J connectivity index is 2.15. The zero-order valence-electron chi connectivity index (χ0n) is 12.3. The number of aliphatic carboxylic acids is 1. The molecule has 0 bridgehead atoms. The van der Waals surface area contributed by atoms with Crippen LogP contribution in [0.4, 0.5) is 0 Å². The third-order valence-electron chi connectivity index (χ3n) is 2.91. The standard InChI is InChI=1S/C13H13N3O6S2/c1-24(21,22)8-2-3-9(17)7(4-8)6-14-16-13-15-12(20)10(23-13)5-11(18)19/h2-4,6,10,17H,5H2,1H3,(H,18,19)(H,15,16,20). The van der Waals surface area contributed by atoms with E-state index >= 15 is 0 Å². The van der Waals surface area contributed by atoms with Crippen LogP contribution in [0.3, 0.4) is 0 Å². The number of sulfone groups is 1. The molecule has 0 aliphatic carbocycles. The third-order valence-corrected chi connectivity index (χ3v) is 5.09. The summed E-state index contributed by atoms with van der Waals surface area (Å²) in [6.45, 7) is 0. The van der Waals surface area contributed by atoms with Crippen LogP contribution in [0.1, 0.15) is 12.0 Å². The minimum absolute atomic E-state index is 0.0134. The molecule has 1 aliphatic rings. The molecular weight excluding hydrogens is 358 g/mol. The molecule has 0 saturated carbocycles. The van der Waals surface area contributed by atoms with Crippen molar-refractivity contribution in [3.63, 3.8) is 0 Å². The number of carbonyl (C=O) groups excluding carboxylic acids is 1. The molecule has 1 heterocycles. The molecule has 1 atom stereocenters. The predicted octanol–water partition coefficient (Wildman–Crippen LogP) is 0.192. The van der Waals surface area contributed by atoms with Crippen molar-refractivity contribution < 1.29 is 28.2 Å². The van der Waals surface area contributed by atoms with Gasteiger partial charge in [-0.15, -0.1) is 5.10 Å². The van der Waals surface area contributed by atoms with Gasteiger partial charge in [0.1, 0.15) is 11.0 Å². The van der Waals surface area contributed by atoms with Crippen LogP contribution in [-0.2, 0) is 19.4 Å². The molecule has 0 spiro atoms. The van der Waals surface area contributed by atoms with Gasteiger partial charge in [-0.2, -0.15) is 5.10 Å². The Hall–Kier alpha value is -2.40. The van der Waals surface area contributed by atoms with Gasteiger partial charge in [-0.3, -0.25) is 9.59 Å². The normalized spacial score (nSPS) is 19.8. The van der Waals surface area contributed by atoms with E-state index in [1.54, 1.807) is 0 Å². The molecule has 0 aromatic heterocycles. The fraction of sp³-hybridized carbons (Fsp3) is 0.231. The van der Waals surface area contributed by atoms with Crippen molar-refractivity contribution in [2.75, 3.05) is 6.26 Å². The maximum Gasteiger partial charge on any atom is 0.305 e. The summed E-state index contributed by atoms with van der Waals surface area (Å²) in [5.74, 6) is -1.76. The summed E-state index contributed by atoms with van der Waals surface area (Å²) in [4.78, 5) is 22.2. The molecule has 1 aliphatic heterocycles. The summed E-state index contributed by atoms with van der Waals surface area (Å²) in [6.07, 6.45) is 1.83. The molecule has 3 N–H and O–H groups in total. The summed E-state index contributed by atoms with van der Waals surface area (Å²) in [5.41, 5.74) is 0.138.